The van der Waals surface area contributed by atoms with Crippen LogP contribution in [0.25, 0.3) is 78.4 Å². The minimum atomic E-state index is -0.571. The van der Waals surface area contributed by atoms with E-state index in [1.807, 2.05) is 24.5 Å². The van der Waals surface area contributed by atoms with Crippen LogP contribution < -0.4 is 0 Å². The second kappa shape index (κ2) is 12.4. The van der Waals surface area contributed by atoms with Gasteiger partial charge >= 0.3 is 0 Å². The number of benzene rings is 6. The van der Waals surface area contributed by atoms with Crippen molar-refractivity contribution < 1.29 is 0 Å². The Bertz CT molecular complexity index is 2870. The van der Waals surface area contributed by atoms with Crippen molar-refractivity contribution in [1.82, 2.24) is 19.9 Å². The van der Waals surface area contributed by atoms with Gasteiger partial charge in [-0.3, -0.25) is 9.97 Å². The third kappa shape index (κ3) is 4.78. The topological polar surface area (TPSA) is 51.6 Å². The number of hydrogen-bond acceptors (Lipinski definition) is 4. The van der Waals surface area contributed by atoms with Crippen LogP contribution in [-0.2, 0) is 5.41 Å². The Hall–Kier alpha value is -7.30. The highest BCUT2D eigenvalue weighted by Gasteiger charge is 2.49. The number of nitrogens with zero attached hydrogens (tertiary/aromatic N) is 4. The van der Waals surface area contributed by atoms with E-state index >= 15 is 0 Å². The van der Waals surface area contributed by atoms with E-state index in [9.17, 15) is 0 Å². The van der Waals surface area contributed by atoms with Crippen molar-refractivity contribution in [3.05, 3.63) is 217 Å². The zero-order chi connectivity index (χ0) is 36.3. The van der Waals surface area contributed by atoms with Crippen molar-refractivity contribution in [2.24, 2.45) is 0 Å². The predicted molar refractivity (Wildman–Crippen MR) is 221 cm³/mol. The quantitative estimate of drug-likeness (QED) is 0.183. The molecule has 11 rings (SSSR count). The molecule has 0 amide bonds. The summed E-state index contributed by atoms with van der Waals surface area (Å²) in [5, 5.41) is 0. The van der Waals surface area contributed by atoms with Gasteiger partial charge in [-0.1, -0.05) is 140 Å². The van der Waals surface area contributed by atoms with Crippen molar-refractivity contribution >= 4 is 0 Å². The molecule has 0 N–H and O–H groups in total. The molecule has 0 unspecified atom stereocenters. The van der Waals surface area contributed by atoms with Gasteiger partial charge in [0, 0.05) is 41.5 Å². The molecule has 9 aromatic rings. The summed E-state index contributed by atoms with van der Waals surface area (Å²) < 4.78 is 0. The largest absolute Gasteiger partial charge is 0.264 e. The Kier molecular flexibility index (Phi) is 7.04. The Morgan fingerprint density at radius 3 is 1.33 bits per heavy atom. The molecule has 0 atom stereocenters. The van der Waals surface area contributed by atoms with Crippen LogP contribution in [0.4, 0.5) is 0 Å². The number of fused-ring (bicyclic) bond motifs is 12. The van der Waals surface area contributed by atoms with Gasteiger partial charge in [0.1, 0.15) is 0 Å². The summed E-state index contributed by atoms with van der Waals surface area (Å²) in [5.74, 6) is 0.658. The maximum absolute atomic E-state index is 5.32. The molecule has 0 radical (unpaired) electrons. The van der Waals surface area contributed by atoms with Gasteiger partial charge in [0.05, 0.1) is 16.8 Å². The Balaban J connectivity index is 1.18. The van der Waals surface area contributed by atoms with Crippen LogP contribution in [0.2, 0.25) is 0 Å². The maximum Gasteiger partial charge on any atom is 0.160 e. The first-order valence-corrected chi connectivity index (χ1v) is 18.6. The monoisotopic (exact) mass is 700 g/mol. The lowest BCUT2D eigenvalue weighted by atomic mass is 9.65. The van der Waals surface area contributed by atoms with E-state index in [1.54, 1.807) is 12.4 Å². The average molecular weight is 701 g/mol. The molecule has 0 saturated heterocycles. The molecule has 6 aromatic carbocycles. The summed E-state index contributed by atoms with van der Waals surface area (Å²) in [6.07, 6.45) is 7.34. The van der Waals surface area contributed by atoms with Crippen LogP contribution in [0, 0.1) is 0 Å². The molecule has 4 heteroatoms. The van der Waals surface area contributed by atoms with Crippen LogP contribution in [0.3, 0.4) is 0 Å². The van der Waals surface area contributed by atoms with Gasteiger partial charge in [0.15, 0.2) is 5.82 Å². The fourth-order valence-corrected chi connectivity index (χ4v) is 8.94. The molecular weight excluding hydrogens is 669 g/mol. The molecule has 0 fully saturated rings. The molecule has 3 heterocycles. The molecule has 1 spiro atoms. The molecule has 0 bridgehead atoms. The average Bonchev–Trinajstić information content (AvgIpc) is 3.52. The van der Waals surface area contributed by atoms with Gasteiger partial charge in [-0.05, 0) is 97.1 Å². The standard InChI is InChI=1S/C51H32N4/c1-2-14-39-38(13-1)40-15-3-6-18-44(40)51(45-19-7-4-16-41(45)42-17-5-8-20-46(42)51)47-29-35(25-26-43(39)47)48-30-49(37-12-10-28-53-32-37)55-50(54-48)34-23-21-33(22-24-34)36-11-9-27-52-31-36/h1-32H. The van der Waals surface area contributed by atoms with Crippen molar-refractivity contribution in [3.8, 4) is 78.4 Å². The third-order valence-electron chi connectivity index (χ3n) is 11.3. The van der Waals surface area contributed by atoms with Gasteiger partial charge in [-0.25, -0.2) is 9.97 Å². The first-order valence-electron chi connectivity index (χ1n) is 18.6. The smallest absolute Gasteiger partial charge is 0.160 e. The molecule has 3 aromatic heterocycles. The fourth-order valence-electron chi connectivity index (χ4n) is 8.94. The molecule has 2 aliphatic rings. The Morgan fingerprint density at radius 2 is 0.764 bits per heavy atom. The highest BCUT2D eigenvalue weighted by atomic mass is 14.9. The molecule has 256 valence electrons. The Morgan fingerprint density at radius 1 is 0.309 bits per heavy atom. The maximum atomic E-state index is 5.32. The molecule has 0 aliphatic heterocycles. The van der Waals surface area contributed by atoms with Crippen LogP contribution in [0.15, 0.2) is 195 Å². The first-order chi connectivity index (χ1) is 27.3. The summed E-state index contributed by atoms with van der Waals surface area (Å²) in [4.78, 5) is 19.2. The lowest BCUT2D eigenvalue weighted by Gasteiger charge is -2.35. The van der Waals surface area contributed by atoms with E-state index in [-0.39, 0.29) is 0 Å². The summed E-state index contributed by atoms with van der Waals surface area (Å²) in [6, 6.07) is 61.3. The second-order valence-corrected chi connectivity index (χ2v) is 14.2. The van der Waals surface area contributed by atoms with Crippen molar-refractivity contribution in [2.75, 3.05) is 0 Å². The summed E-state index contributed by atoms with van der Waals surface area (Å²) in [5.41, 5.74) is 18.7. The number of pyridine rings is 2. The zero-order valence-corrected chi connectivity index (χ0v) is 29.8. The molecule has 0 saturated carbocycles. The van der Waals surface area contributed by atoms with E-state index in [4.69, 9.17) is 9.97 Å². The Labute approximate surface area is 319 Å². The zero-order valence-electron chi connectivity index (χ0n) is 29.8. The van der Waals surface area contributed by atoms with Gasteiger partial charge in [-0.15, -0.1) is 0 Å². The van der Waals surface area contributed by atoms with E-state index in [0.717, 1.165) is 39.2 Å². The molecule has 55 heavy (non-hydrogen) atoms. The summed E-state index contributed by atoms with van der Waals surface area (Å²) >= 11 is 0. The van der Waals surface area contributed by atoms with Crippen LogP contribution in [-0.4, -0.2) is 19.9 Å². The lowest BCUT2D eigenvalue weighted by Crippen LogP contribution is -2.29. The normalized spacial score (nSPS) is 12.9. The van der Waals surface area contributed by atoms with Gasteiger partial charge in [-0.2, -0.15) is 0 Å². The van der Waals surface area contributed by atoms with E-state index in [1.165, 1.54) is 55.6 Å². The SMILES string of the molecule is c1cncc(-c2ccc(-c3nc(-c4cccnc4)cc(-c4ccc5c(c4)C4(c6ccccc6-c6ccccc6-5)c5ccccc5-c5ccccc54)n3)cc2)c1. The van der Waals surface area contributed by atoms with Crippen molar-refractivity contribution in [3.63, 3.8) is 0 Å². The summed E-state index contributed by atoms with van der Waals surface area (Å²) in [6.45, 7) is 0. The number of hydrogen-bond donors (Lipinski definition) is 0. The summed E-state index contributed by atoms with van der Waals surface area (Å²) in [7, 11) is 0. The van der Waals surface area contributed by atoms with E-state index < -0.39 is 5.41 Å². The minimum absolute atomic E-state index is 0.571. The second-order valence-electron chi connectivity index (χ2n) is 14.2. The highest BCUT2D eigenvalue weighted by molar-refractivity contribution is 5.98. The van der Waals surface area contributed by atoms with Crippen molar-refractivity contribution in [1.29, 1.82) is 0 Å². The third-order valence-corrected chi connectivity index (χ3v) is 11.3. The van der Waals surface area contributed by atoms with Crippen LogP contribution in [0.1, 0.15) is 22.3 Å². The molecular formula is C51H32N4. The van der Waals surface area contributed by atoms with E-state index in [0.29, 0.717) is 5.82 Å². The fraction of sp³-hybridized carbons (Fsp3) is 0.0196. The van der Waals surface area contributed by atoms with Gasteiger partial charge < -0.3 is 0 Å². The van der Waals surface area contributed by atoms with Crippen LogP contribution in [0.5, 0.6) is 0 Å². The molecule has 2 aliphatic carbocycles. The first kappa shape index (κ1) is 31.2. The minimum Gasteiger partial charge on any atom is -0.264 e. The highest BCUT2D eigenvalue weighted by Crippen LogP contribution is 2.61. The van der Waals surface area contributed by atoms with Crippen LogP contribution >= 0.6 is 0 Å². The van der Waals surface area contributed by atoms with Crippen molar-refractivity contribution in [2.45, 2.75) is 5.41 Å². The van der Waals surface area contributed by atoms with E-state index in [2.05, 4.69) is 168 Å². The van der Waals surface area contributed by atoms with Gasteiger partial charge in [0.25, 0.3) is 0 Å². The lowest BCUT2D eigenvalue weighted by molar-refractivity contribution is 0.775. The number of rotatable bonds is 4. The van der Waals surface area contributed by atoms with Gasteiger partial charge in [0.2, 0.25) is 0 Å². The predicted octanol–water partition coefficient (Wildman–Crippen LogP) is 11.9. The molecule has 4 nitrogen and oxygen atoms in total. The number of aromatic nitrogens is 4.